The van der Waals surface area contributed by atoms with Crippen molar-refractivity contribution in [2.45, 2.75) is 53.0 Å². The monoisotopic (exact) mass is 385 g/mol. The number of hydrogen-bond donors (Lipinski definition) is 2. The molecule has 0 spiro atoms. The van der Waals surface area contributed by atoms with Gasteiger partial charge in [0.2, 0.25) is 5.91 Å². The van der Waals surface area contributed by atoms with Crippen molar-refractivity contribution in [2.24, 2.45) is 11.8 Å². The van der Waals surface area contributed by atoms with Crippen molar-refractivity contribution >= 4 is 28.3 Å². The van der Waals surface area contributed by atoms with E-state index in [0.29, 0.717) is 16.6 Å². The number of hydrogen-bond acceptors (Lipinski definition) is 4. The maximum Gasteiger partial charge on any atom is 0.251 e. The van der Waals surface area contributed by atoms with Crippen LogP contribution in [0.5, 0.6) is 0 Å². The Morgan fingerprint density at radius 1 is 1.30 bits per heavy atom. The molecule has 2 amide bonds. The van der Waals surface area contributed by atoms with Crippen LogP contribution in [0.2, 0.25) is 0 Å². The van der Waals surface area contributed by atoms with Gasteiger partial charge in [-0.05, 0) is 50.2 Å². The van der Waals surface area contributed by atoms with Crippen molar-refractivity contribution in [1.82, 2.24) is 10.3 Å². The molecule has 0 saturated heterocycles. The number of carbonyl (C=O) groups excluding carboxylic acids is 2. The van der Waals surface area contributed by atoms with Crippen LogP contribution in [0.3, 0.4) is 0 Å². The van der Waals surface area contributed by atoms with E-state index in [-0.39, 0.29) is 17.7 Å². The van der Waals surface area contributed by atoms with E-state index in [0.717, 1.165) is 30.5 Å². The molecular formula is C21H27N3O2S. The molecule has 2 aromatic rings. The Bertz CT molecular complexity index is 844. The summed E-state index contributed by atoms with van der Waals surface area (Å²) in [6, 6.07) is 6.75. The van der Waals surface area contributed by atoms with Crippen LogP contribution in [-0.4, -0.2) is 22.8 Å². The van der Waals surface area contributed by atoms with Gasteiger partial charge in [-0.25, -0.2) is 4.98 Å². The third-order valence-corrected chi connectivity index (χ3v) is 5.97. The predicted molar refractivity (Wildman–Crippen MR) is 109 cm³/mol. The number of thiazole rings is 1. The molecule has 2 N–H and O–H groups in total. The molecule has 0 radical (unpaired) electrons. The molecule has 0 fully saturated rings. The van der Waals surface area contributed by atoms with E-state index in [2.05, 4.69) is 22.5 Å². The number of rotatable bonds is 5. The largest absolute Gasteiger partial charge is 0.340 e. The molecule has 6 heteroatoms. The maximum atomic E-state index is 12.8. The van der Waals surface area contributed by atoms with Crippen LogP contribution in [0.15, 0.2) is 24.3 Å². The summed E-state index contributed by atoms with van der Waals surface area (Å²) in [5, 5.41) is 6.43. The van der Waals surface area contributed by atoms with E-state index < -0.39 is 6.04 Å². The zero-order chi connectivity index (χ0) is 19.6. The summed E-state index contributed by atoms with van der Waals surface area (Å²) in [6.45, 7) is 8.04. The van der Waals surface area contributed by atoms with Crippen molar-refractivity contribution < 1.29 is 9.59 Å². The van der Waals surface area contributed by atoms with Gasteiger partial charge in [0.15, 0.2) is 5.13 Å². The molecule has 2 atom stereocenters. The fraction of sp³-hybridized carbons (Fsp3) is 0.476. The molecule has 144 valence electrons. The number of nitrogens with zero attached hydrogens (tertiary/aromatic N) is 1. The number of amides is 2. The molecular weight excluding hydrogens is 358 g/mol. The highest BCUT2D eigenvalue weighted by Gasteiger charge is 2.27. The highest BCUT2D eigenvalue weighted by molar-refractivity contribution is 7.15. The van der Waals surface area contributed by atoms with Crippen LogP contribution in [0.1, 0.15) is 53.7 Å². The van der Waals surface area contributed by atoms with Crippen LogP contribution in [0.4, 0.5) is 5.13 Å². The second-order valence-corrected chi connectivity index (χ2v) is 8.87. The standard InChI is InChI=1S/C21H27N3O2S/c1-12(2)18(23-19(25)15-7-5-6-13(3)10-15)20(26)24-21-22-16-9-8-14(4)11-17(16)27-21/h5-7,10,12,14,18H,8-9,11H2,1-4H3,(H,23,25)(H,22,24,26)/t14?,18-/m0/s1. The highest BCUT2D eigenvalue weighted by Crippen LogP contribution is 2.32. The Morgan fingerprint density at radius 2 is 2.07 bits per heavy atom. The van der Waals surface area contributed by atoms with Crippen LogP contribution >= 0.6 is 11.3 Å². The van der Waals surface area contributed by atoms with E-state index in [1.54, 1.807) is 17.4 Å². The van der Waals surface area contributed by atoms with Gasteiger partial charge in [-0.3, -0.25) is 9.59 Å². The highest BCUT2D eigenvalue weighted by atomic mass is 32.1. The summed E-state index contributed by atoms with van der Waals surface area (Å²) in [5.41, 5.74) is 2.68. The smallest absolute Gasteiger partial charge is 0.251 e. The van der Waals surface area contributed by atoms with Gasteiger partial charge in [0.1, 0.15) is 6.04 Å². The van der Waals surface area contributed by atoms with E-state index in [1.807, 2.05) is 39.0 Å². The summed E-state index contributed by atoms with van der Waals surface area (Å²) in [5.74, 6) is 0.178. The van der Waals surface area contributed by atoms with E-state index >= 15 is 0 Å². The minimum atomic E-state index is -0.613. The van der Waals surface area contributed by atoms with Gasteiger partial charge in [0.05, 0.1) is 5.69 Å². The molecule has 1 aromatic heterocycles. The maximum absolute atomic E-state index is 12.8. The Hall–Kier alpha value is -2.21. The average Bonchev–Trinajstić information content (AvgIpc) is 3.00. The molecule has 27 heavy (non-hydrogen) atoms. The fourth-order valence-electron chi connectivity index (χ4n) is 3.32. The lowest BCUT2D eigenvalue weighted by molar-refractivity contribution is -0.118. The normalized spacial score (nSPS) is 17.3. The Labute approximate surface area is 164 Å². The molecule has 1 aliphatic rings. The van der Waals surface area contributed by atoms with E-state index in [9.17, 15) is 9.59 Å². The quantitative estimate of drug-likeness (QED) is 0.818. The second kappa shape index (κ2) is 8.21. The summed E-state index contributed by atoms with van der Waals surface area (Å²) in [7, 11) is 0. The van der Waals surface area contributed by atoms with Crippen molar-refractivity contribution in [3.63, 3.8) is 0 Å². The van der Waals surface area contributed by atoms with Gasteiger partial charge < -0.3 is 10.6 Å². The zero-order valence-electron chi connectivity index (χ0n) is 16.3. The molecule has 1 heterocycles. The Morgan fingerprint density at radius 3 is 2.78 bits per heavy atom. The van der Waals surface area contributed by atoms with Gasteiger partial charge in [0.25, 0.3) is 5.91 Å². The topological polar surface area (TPSA) is 71.1 Å². The number of benzene rings is 1. The third-order valence-electron chi connectivity index (χ3n) is 4.93. The first-order valence-corrected chi connectivity index (χ1v) is 10.3. The summed E-state index contributed by atoms with van der Waals surface area (Å²) in [4.78, 5) is 31.2. The van der Waals surface area contributed by atoms with Gasteiger partial charge in [-0.2, -0.15) is 0 Å². The van der Waals surface area contributed by atoms with Crippen LogP contribution in [0, 0.1) is 18.8 Å². The summed E-state index contributed by atoms with van der Waals surface area (Å²) < 4.78 is 0. The first kappa shape index (κ1) is 19.5. The van der Waals surface area contributed by atoms with Crippen molar-refractivity contribution in [3.05, 3.63) is 46.0 Å². The number of nitrogens with one attached hydrogen (secondary N) is 2. The fourth-order valence-corrected chi connectivity index (χ4v) is 4.50. The molecule has 0 bridgehead atoms. The number of aryl methyl sites for hydroxylation is 2. The van der Waals surface area contributed by atoms with Gasteiger partial charge >= 0.3 is 0 Å². The third kappa shape index (κ3) is 4.75. The lowest BCUT2D eigenvalue weighted by Gasteiger charge is -2.21. The van der Waals surface area contributed by atoms with Crippen molar-refractivity contribution in [2.75, 3.05) is 5.32 Å². The average molecular weight is 386 g/mol. The number of anilines is 1. The van der Waals surface area contributed by atoms with Gasteiger partial charge in [-0.15, -0.1) is 11.3 Å². The van der Waals surface area contributed by atoms with Crippen molar-refractivity contribution in [3.8, 4) is 0 Å². The van der Waals surface area contributed by atoms with Crippen LogP contribution in [0.25, 0.3) is 0 Å². The molecule has 1 aromatic carbocycles. The molecule has 0 saturated carbocycles. The number of fused-ring (bicyclic) bond motifs is 1. The molecule has 1 unspecified atom stereocenters. The lowest BCUT2D eigenvalue weighted by Crippen LogP contribution is -2.47. The van der Waals surface area contributed by atoms with E-state index in [4.69, 9.17) is 0 Å². The molecule has 3 rings (SSSR count). The van der Waals surface area contributed by atoms with E-state index in [1.165, 1.54) is 4.88 Å². The molecule has 0 aliphatic heterocycles. The second-order valence-electron chi connectivity index (χ2n) is 7.79. The first-order chi connectivity index (χ1) is 12.8. The lowest BCUT2D eigenvalue weighted by atomic mass is 9.93. The van der Waals surface area contributed by atoms with Crippen molar-refractivity contribution in [1.29, 1.82) is 0 Å². The van der Waals surface area contributed by atoms with Crippen LogP contribution in [-0.2, 0) is 17.6 Å². The van der Waals surface area contributed by atoms with Gasteiger partial charge in [0, 0.05) is 10.4 Å². The minimum absolute atomic E-state index is 0.0339. The molecule has 1 aliphatic carbocycles. The summed E-state index contributed by atoms with van der Waals surface area (Å²) >= 11 is 1.56. The predicted octanol–water partition coefficient (Wildman–Crippen LogP) is 3.97. The SMILES string of the molecule is Cc1cccc(C(=O)N[C@H](C(=O)Nc2nc3c(s2)CC(C)CC3)C(C)C)c1. The summed E-state index contributed by atoms with van der Waals surface area (Å²) in [6.07, 6.45) is 3.15. The van der Waals surface area contributed by atoms with Gasteiger partial charge in [-0.1, -0.05) is 38.5 Å². The number of carbonyl (C=O) groups is 2. The number of aromatic nitrogens is 1. The first-order valence-electron chi connectivity index (χ1n) is 9.50. The Balaban J connectivity index is 1.69. The minimum Gasteiger partial charge on any atom is -0.340 e. The molecule has 5 nitrogen and oxygen atoms in total. The Kier molecular flexibility index (Phi) is 5.95. The van der Waals surface area contributed by atoms with Crippen LogP contribution < -0.4 is 10.6 Å². The zero-order valence-corrected chi connectivity index (χ0v) is 17.2.